The molecule has 7 heteroatoms. The topological polar surface area (TPSA) is 86.0 Å². The van der Waals surface area contributed by atoms with Crippen molar-refractivity contribution in [1.29, 1.82) is 0 Å². The van der Waals surface area contributed by atoms with Crippen molar-refractivity contribution in [2.45, 2.75) is 6.92 Å². The number of aryl methyl sites for hydroxylation is 1. The fourth-order valence-electron chi connectivity index (χ4n) is 2.36. The molecule has 0 aliphatic heterocycles. The van der Waals surface area contributed by atoms with Crippen molar-refractivity contribution in [3.8, 4) is 22.8 Å². The van der Waals surface area contributed by atoms with Crippen LogP contribution in [0.5, 0.6) is 11.5 Å². The molecule has 3 rings (SSSR count). The number of aromatic nitrogens is 1. The highest BCUT2D eigenvalue weighted by atomic mass is 16.5. The second-order valence-electron chi connectivity index (χ2n) is 5.73. The van der Waals surface area contributed by atoms with Crippen LogP contribution < -0.4 is 14.9 Å². The highest BCUT2D eigenvalue weighted by Gasteiger charge is 2.11. The average Bonchev–Trinajstić information content (AvgIpc) is 3.22. The summed E-state index contributed by atoms with van der Waals surface area (Å²) in [6.07, 6.45) is 3.10. The SMILES string of the molecule is COc1ccc(/C=N/NC(=O)COc2ccc(C)cc2-c2ccno2)cc1. The highest BCUT2D eigenvalue weighted by Crippen LogP contribution is 2.30. The van der Waals surface area contributed by atoms with E-state index in [1.54, 1.807) is 31.7 Å². The van der Waals surface area contributed by atoms with E-state index in [4.69, 9.17) is 14.0 Å². The minimum absolute atomic E-state index is 0.176. The van der Waals surface area contributed by atoms with Crippen molar-refractivity contribution in [2.75, 3.05) is 13.7 Å². The second kappa shape index (κ2) is 8.66. The van der Waals surface area contributed by atoms with Crippen molar-refractivity contribution < 1.29 is 18.8 Å². The maximum absolute atomic E-state index is 12.0. The number of carbonyl (C=O) groups is 1. The summed E-state index contributed by atoms with van der Waals surface area (Å²) >= 11 is 0. The largest absolute Gasteiger partial charge is 0.497 e. The standard InChI is InChI=1S/C20H19N3O4/c1-14-3-8-18(17(11-14)19-9-10-22-27-19)26-13-20(24)23-21-12-15-4-6-16(25-2)7-5-15/h3-12H,13H2,1-2H3,(H,23,24)/b21-12+. The van der Waals surface area contributed by atoms with Crippen molar-refractivity contribution in [3.63, 3.8) is 0 Å². The van der Waals surface area contributed by atoms with Crippen LogP contribution >= 0.6 is 0 Å². The first-order valence-electron chi connectivity index (χ1n) is 8.26. The third kappa shape index (κ3) is 4.94. The number of hydrogen-bond donors (Lipinski definition) is 1. The molecule has 0 atom stereocenters. The van der Waals surface area contributed by atoms with Crippen LogP contribution in [0.2, 0.25) is 0 Å². The summed E-state index contributed by atoms with van der Waals surface area (Å²) in [5, 5.41) is 7.63. The summed E-state index contributed by atoms with van der Waals surface area (Å²) in [6.45, 7) is 1.79. The quantitative estimate of drug-likeness (QED) is 0.513. The number of nitrogens with zero attached hydrogens (tertiary/aromatic N) is 2. The zero-order valence-corrected chi connectivity index (χ0v) is 15.0. The minimum atomic E-state index is -0.371. The van der Waals surface area contributed by atoms with Gasteiger partial charge in [0.1, 0.15) is 11.5 Å². The molecule has 2 aromatic carbocycles. The van der Waals surface area contributed by atoms with Crippen LogP contribution in [-0.4, -0.2) is 31.0 Å². The van der Waals surface area contributed by atoms with Crippen LogP contribution in [0.1, 0.15) is 11.1 Å². The third-order valence-electron chi connectivity index (χ3n) is 3.72. The molecule has 0 radical (unpaired) electrons. The fraction of sp³-hybridized carbons (Fsp3) is 0.150. The number of rotatable bonds is 7. The maximum Gasteiger partial charge on any atom is 0.277 e. The van der Waals surface area contributed by atoms with E-state index in [1.165, 1.54) is 0 Å². The number of methoxy groups -OCH3 is 1. The summed E-state index contributed by atoms with van der Waals surface area (Å²) in [4.78, 5) is 12.0. The van der Waals surface area contributed by atoms with Gasteiger partial charge in [-0.15, -0.1) is 0 Å². The van der Waals surface area contributed by atoms with Crippen LogP contribution in [0.3, 0.4) is 0 Å². The molecule has 0 aliphatic rings. The van der Waals surface area contributed by atoms with Gasteiger partial charge in [-0.3, -0.25) is 4.79 Å². The minimum Gasteiger partial charge on any atom is -0.497 e. The van der Waals surface area contributed by atoms with Crippen LogP contribution in [0.25, 0.3) is 11.3 Å². The highest BCUT2D eigenvalue weighted by molar-refractivity contribution is 5.83. The predicted octanol–water partition coefficient (Wildman–Crippen LogP) is 3.19. The van der Waals surface area contributed by atoms with Crippen molar-refractivity contribution in [1.82, 2.24) is 10.6 Å². The van der Waals surface area contributed by atoms with Gasteiger partial charge >= 0.3 is 0 Å². The number of ether oxygens (including phenoxy) is 2. The molecule has 27 heavy (non-hydrogen) atoms. The summed E-state index contributed by atoms with van der Waals surface area (Å²) < 4.78 is 15.9. The molecular formula is C20H19N3O4. The summed E-state index contributed by atoms with van der Waals surface area (Å²) in [5.74, 6) is 1.49. The van der Waals surface area contributed by atoms with Crippen LogP contribution in [0.15, 0.2) is 64.4 Å². The van der Waals surface area contributed by atoms with Gasteiger partial charge in [-0.2, -0.15) is 5.10 Å². The number of benzene rings is 2. The average molecular weight is 365 g/mol. The summed E-state index contributed by atoms with van der Waals surface area (Å²) in [5.41, 5.74) is 5.05. The van der Waals surface area contributed by atoms with E-state index in [0.717, 1.165) is 22.4 Å². The van der Waals surface area contributed by atoms with Crippen molar-refractivity contribution in [2.24, 2.45) is 5.10 Å². The zero-order chi connectivity index (χ0) is 19.1. The molecule has 0 aliphatic carbocycles. The molecule has 1 aromatic heterocycles. The smallest absolute Gasteiger partial charge is 0.277 e. The second-order valence-corrected chi connectivity index (χ2v) is 5.73. The monoisotopic (exact) mass is 365 g/mol. The molecule has 0 fully saturated rings. The lowest BCUT2D eigenvalue weighted by Gasteiger charge is -2.09. The first-order chi connectivity index (χ1) is 13.2. The molecule has 1 heterocycles. The van der Waals surface area contributed by atoms with Crippen LogP contribution in [0.4, 0.5) is 0 Å². The Balaban J connectivity index is 1.57. The van der Waals surface area contributed by atoms with E-state index in [0.29, 0.717) is 11.5 Å². The van der Waals surface area contributed by atoms with Gasteiger partial charge in [0, 0.05) is 6.07 Å². The Morgan fingerprint density at radius 1 is 1.22 bits per heavy atom. The molecule has 1 amide bonds. The van der Waals surface area contributed by atoms with E-state index in [-0.39, 0.29) is 12.5 Å². The molecule has 0 spiro atoms. The van der Waals surface area contributed by atoms with Gasteiger partial charge in [0.2, 0.25) is 0 Å². The first-order valence-corrected chi connectivity index (χ1v) is 8.26. The van der Waals surface area contributed by atoms with Crippen molar-refractivity contribution >= 4 is 12.1 Å². The molecule has 0 bridgehead atoms. The number of nitrogens with one attached hydrogen (secondary N) is 1. The molecule has 138 valence electrons. The van der Waals surface area contributed by atoms with E-state index in [9.17, 15) is 4.79 Å². The Morgan fingerprint density at radius 2 is 2.04 bits per heavy atom. The molecule has 0 saturated carbocycles. The van der Waals surface area contributed by atoms with Gasteiger partial charge in [-0.05, 0) is 48.9 Å². The number of carbonyl (C=O) groups excluding carboxylic acids is 1. The van der Waals surface area contributed by atoms with Crippen LogP contribution in [0, 0.1) is 6.92 Å². The lowest BCUT2D eigenvalue weighted by atomic mass is 10.1. The number of hydrogen-bond acceptors (Lipinski definition) is 6. The van der Waals surface area contributed by atoms with Gasteiger partial charge in [-0.25, -0.2) is 5.43 Å². The Hall–Kier alpha value is -3.61. The summed E-state index contributed by atoms with van der Waals surface area (Å²) in [6, 6.07) is 14.6. The lowest BCUT2D eigenvalue weighted by molar-refractivity contribution is -0.123. The lowest BCUT2D eigenvalue weighted by Crippen LogP contribution is -2.24. The molecule has 7 nitrogen and oxygen atoms in total. The Morgan fingerprint density at radius 3 is 2.74 bits per heavy atom. The van der Waals surface area contributed by atoms with Crippen LogP contribution in [-0.2, 0) is 4.79 Å². The predicted molar refractivity (Wildman–Crippen MR) is 101 cm³/mol. The first kappa shape index (κ1) is 18.2. The molecule has 1 N–H and O–H groups in total. The van der Waals surface area contributed by atoms with Gasteiger partial charge in [-0.1, -0.05) is 16.8 Å². The number of hydrazone groups is 1. The van der Waals surface area contributed by atoms with Crippen molar-refractivity contribution in [3.05, 3.63) is 65.9 Å². The van der Waals surface area contributed by atoms with E-state index in [2.05, 4.69) is 15.7 Å². The molecule has 0 unspecified atom stereocenters. The maximum atomic E-state index is 12.0. The number of amides is 1. The van der Waals surface area contributed by atoms with Gasteiger partial charge in [0.15, 0.2) is 12.4 Å². The normalized spacial score (nSPS) is 10.7. The van der Waals surface area contributed by atoms with E-state index in [1.807, 2.05) is 43.3 Å². The van der Waals surface area contributed by atoms with Gasteiger partial charge in [0.25, 0.3) is 5.91 Å². The van der Waals surface area contributed by atoms with Gasteiger partial charge < -0.3 is 14.0 Å². The summed E-state index contributed by atoms with van der Waals surface area (Å²) in [7, 11) is 1.60. The van der Waals surface area contributed by atoms with E-state index < -0.39 is 0 Å². The third-order valence-corrected chi connectivity index (χ3v) is 3.72. The zero-order valence-electron chi connectivity index (χ0n) is 15.0. The molecular weight excluding hydrogens is 346 g/mol. The Bertz CT molecular complexity index is 919. The molecule has 3 aromatic rings. The fourth-order valence-corrected chi connectivity index (χ4v) is 2.36. The Kier molecular flexibility index (Phi) is 5.84. The van der Waals surface area contributed by atoms with E-state index >= 15 is 0 Å². The Labute approximate surface area is 156 Å². The molecule has 0 saturated heterocycles. The van der Waals surface area contributed by atoms with Gasteiger partial charge in [0.05, 0.1) is 25.1 Å².